The molecule has 4 N–H and O–H groups in total. The van der Waals surface area contributed by atoms with Crippen molar-refractivity contribution in [2.45, 2.75) is 24.9 Å². The Hall–Kier alpha value is -4.63. The third kappa shape index (κ3) is 3.61. The fourth-order valence-corrected chi connectivity index (χ4v) is 6.26. The first-order valence-corrected chi connectivity index (χ1v) is 12.6. The minimum atomic E-state index is -1.83. The number of H-pyrrole nitrogens is 1. The van der Waals surface area contributed by atoms with Crippen LogP contribution in [-0.4, -0.2) is 45.6 Å². The van der Waals surface area contributed by atoms with Gasteiger partial charge in [-0.3, -0.25) is 19.7 Å². The van der Waals surface area contributed by atoms with Crippen molar-refractivity contribution in [3.8, 4) is 11.5 Å². The third-order valence-electron chi connectivity index (χ3n) is 8.03. The lowest BCUT2D eigenvalue weighted by Gasteiger charge is -2.31. The summed E-state index contributed by atoms with van der Waals surface area (Å²) in [5.74, 6) is -4.68. The van der Waals surface area contributed by atoms with Gasteiger partial charge in [-0.25, -0.2) is 4.90 Å². The average molecular weight is 526 g/mol. The SMILES string of the molecule is COc1cccc([C@H]2N[C@@](Cc3c[nH]c4ccccc34)(C(=O)O)[C@@H]3C(=O)N(c4cccc(C)c4)C(=O)[C@@H]23)c1O. The average Bonchev–Trinajstić information content (AvgIpc) is 3.56. The fourth-order valence-electron chi connectivity index (χ4n) is 6.26. The van der Waals surface area contributed by atoms with Crippen LogP contribution in [0.15, 0.2) is 72.9 Å². The number of hydrogen-bond acceptors (Lipinski definition) is 6. The molecule has 2 amide bonds. The third-order valence-corrected chi connectivity index (χ3v) is 8.03. The molecule has 2 saturated heterocycles. The van der Waals surface area contributed by atoms with Crippen LogP contribution in [0.3, 0.4) is 0 Å². The number of amides is 2. The highest BCUT2D eigenvalue weighted by Crippen LogP contribution is 2.53. The Balaban J connectivity index is 1.54. The lowest BCUT2D eigenvalue weighted by molar-refractivity contribution is -0.148. The number of fused-ring (bicyclic) bond motifs is 2. The molecule has 198 valence electrons. The van der Waals surface area contributed by atoms with Crippen molar-refractivity contribution >= 4 is 34.4 Å². The predicted octanol–water partition coefficient (Wildman–Crippen LogP) is 3.71. The first-order chi connectivity index (χ1) is 18.8. The van der Waals surface area contributed by atoms with E-state index in [9.17, 15) is 24.6 Å². The molecular formula is C30H27N3O6. The number of benzene rings is 3. The van der Waals surface area contributed by atoms with Gasteiger partial charge in [0.25, 0.3) is 0 Å². The van der Waals surface area contributed by atoms with Gasteiger partial charge >= 0.3 is 5.97 Å². The second kappa shape index (κ2) is 8.99. The molecule has 0 bridgehead atoms. The Bertz CT molecular complexity index is 1640. The summed E-state index contributed by atoms with van der Waals surface area (Å²) >= 11 is 0. The molecule has 0 spiro atoms. The summed E-state index contributed by atoms with van der Waals surface area (Å²) in [5.41, 5.74) is 1.23. The molecule has 0 unspecified atom stereocenters. The number of imide groups is 1. The molecule has 2 fully saturated rings. The van der Waals surface area contributed by atoms with Crippen molar-refractivity contribution in [1.29, 1.82) is 0 Å². The molecule has 0 aliphatic carbocycles. The number of aryl methyl sites for hydroxylation is 1. The zero-order valence-electron chi connectivity index (χ0n) is 21.3. The number of nitrogens with one attached hydrogen (secondary N) is 2. The van der Waals surface area contributed by atoms with Crippen molar-refractivity contribution in [2.24, 2.45) is 11.8 Å². The van der Waals surface area contributed by atoms with Crippen LogP contribution in [0.5, 0.6) is 11.5 Å². The van der Waals surface area contributed by atoms with Gasteiger partial charge in [0.2, 0.25) is 11.8 Å². The van der Waals surface area contributed by atoms with Crippen molar-refractivity contribution in [1.82, 2.24) is 10.3 Å². The van der Waals surface area contributed by atoms with E-state index in [1.807, 2.05) is 37.3 Å². The highest BCUT2D eigenvalue weighted by Gasteiger charge is 2.69. The second-order valence-corrected chi connectivity index (χ2v) is 10.2. The highest BCUT2D eigenvalue weighted by molar-refractivity contribution is 6.24. The van der Waals surface area contributed by atoms with E-state index < -0.39 is 41.2 Å². The number of phenols is 1. The summed E-state index contributed by atoms with van der Waals surface area (Å²) in [5, 5.41) is 25.8. The van der Waals surface area contributed by atoms with Gasteiger partial charge in [0, 0.05) is 35.1 Å². The molecule has 39 heavy (non-hydrogen) atoms. The fraction of sp³-hybridized carbons (Fsp3) is 0.233. The molecule has 3 aromatic carbocycles. The first kappa shape index (κ1) is 24.7. The van der Waals surface area contributed by atoms with Gasteiger partial charge < -0.3 is 19.9 Å². The predicted molar refractivity (Wildman–Crippen MR) is 144 cm³/mol. The van der Waals surface area contributed by atoms with Crippen LogP contribution >= 0.6 is 0 Å². The standard InChI is InChI=1S/C30H27N3O6/c1-16-7-5-8-18(13-16)33-27(35)23-24(28(33)36)30(29(37)38,14-17-15-31-21-11-4-3-9-19(17)21)32-25(23)20-10-6-12-22(39-2)26(20)34/h3-13,15,23-25,31-32,34H,14H2,1-2H3,(H,37,38)/t23-,24+,25-,30-/m1/s1. The second-order valence-electron chi connectivity index (χ2n) is 10.2. The van der Waals surface area contributed by atoms with Crippen molar-refractivity contribution in [3.05, 3.63) is 89.6 Å². The lowest BCUT2D eigenvalue weighted by atomic mass is 9.76. The van der Waals surface area contributed by atoms with Crippen molar-refractivity contribution in [2.75, 3.05) is 12.0 Å². The number of anilines is 1. The van der Waals surface area contributed by atoms with Crippen LogP contribution in [0.25, 0.3) is 10.9 Å². The number of aromatic hydroxyl groups is 1. The van der Waals surface area contributed by atoms with Gasteiger partial charge in [0.05, 0.1) is 24.6 Å². The van der Waals surface area contributed by atoms with E-state index in [4.69, 9.17) is 4.74 Å². The van der Waals surface area contributed by atoms with Gasteiger partial charge in [-0.1, -0.05) is 42.5 Å². The number of phenolic OH excluding ortho intramolecular Hbond substituents is 1. The molecular weight excluding hydrogens is 498 g/mol. The molecule has 9 nitrogen and oxygen atoms in total. The molecule has 6 rings (SSSR count). The molecule has 3 heterocycles. The number of aromatic amines is 1. The van der Waals surface area contributed by atoms with Crippen LogP contribution in [0, 0.1) is 18.8 Å². The van der Waals surface area contributed by atoms with E-state index in [1.54, 1.807) is 42.6 Å². The molecule has 1 aromatic heterocycles. The van der Waals surface area contributed by atoms with Crippen LogP contribution in [0.4, 0.5) is 5.69 Å². The number of para-hydroxylation sites is 2. The number of aromatic nitrogens is 1. The number of ether oxygens (including phenoxy) is 1. The number of carboxylic acids is 1. The van der Waals surface area contributed by atoms with Crippen molar-refractivity contribution < 1.29 is 29.3 Å². The first-order valence-electron chi connectivity index (χ1n) is 12.6. The van der Waals surface area contributed by atoms with Crippen LogP contribution in [0.1, 0.15) is 22.7 Å². The number of hydrogen-bond donors (Lipinski definition) is 4. The Morgan fingerprint density at radius 3 is 2.56 bits per heavy atom. The van der Waals surface area contributed by atoms with Gasteiger partial charge in [-0.05, 0) is 42.3 Å². The van der Waals surface area contributed by atoms with Crippen LogP contribution in [-0.2, 0) is 20.8 Å². The number of carbonyl (C=O) groups is 3. The molecule has 9 heteroatoms. The summed E-state index contributed by atoms with van der Waals surface area (Å²) in [6, 6.07) is 18.4. The summed E-state index contributed by atoms with van der Waals surface area (Å²) in [6.45, 7) is 1.85. The van der Waals surface area contributed by atoms with Crippen molar-refractivity contribution in [3.63, 3.8) is 0 Å². The van der Waals surface area contributed by atoms with E-state index >= 15 is 0 Å². The number of aliphatic carboxylic acids is 1. The number of carboxylic acid groups (broad SMARTS) is 1. The summed E-state index contributed by atoms with van der Waals surface area (Å²) in [6.07, 6.45) is 1.68. The maximum absolute atomic E-state index is 14.1. The van der Waals surface area contributed by atoms with Gasteiger partial charge in [-0.15, -0.1) is 0 Å². The Morgan fingerprint density at radius 1 is 1.05 bits per heavy atom. The molecule has 2 aliphatic rings. The Kier molecular flexibility index (Phi) is 5.69. The van der Waals surface area contributed by atoms with Gasteiger partial charge in [0.15, 0.2) is 11.5 Å². The monoisotopic (exact) mass is 525 g/mol. The summed E-state index contributed by atoms with van der Waals surface area (Å²) < 4.78 is 5.28. The summed E-state index contributed by atoms with van der Waals surface area (Å²) in [7, 11) is 1.41. The minimum Gasteiger partial charge on any atom is -0.504 e. The molecule has 0 radical (unpaired) electrons. The van der Waals surface area contributed by atoms with E-state index in [2.05, 4.69) is 10.3 Å². The van der Waals surface area contributed by atoms with Gasteiger partial charge in [-0.2, -0.15) is 0 Å². The highest BCUT2D eigenvalue weighted by atomic mass is 16.5. The zero-order chi connectivity index (χ0) is 27.5. The number of nitrogens with zero attached hydrogens (tertiary/aromatic N) is 1. The topological polar surface area (TPSA) is 132 Å². The van der Waals surface area contributed by atoms with E-state index in [0.29, 0.717) is 16.8 Å². The Labute approximate surface area is 224 Å². The molecule has 4 atom stereocenters. The molecule has 2 aliphatic heterocycles. The van der Waals surface area contributed by atoms with E-state index in [-0.39, 0.29) is 17.9 Å². The smallest absolute Gasteiger partial charge is 0.325 e. The minimum absolute atomic E-state index is 0.0601. The largest absolute Gasteiger partial charge is 0.504 e. The normalized spacial score (nSPS) is 24.4. The number of carbonyl (C=O) groups excluding carboxylic acids is 2. The summed E-state index contributed by atoms with van der Waals surface area (Å²) in [4.78, 5) is 45.6. The Morgan fingerprint density at radius 2 is 1.82 bits per heavy atom. The molecule has 0 saturated carbocycles. The van der Waals surface area contributed by atoms with E-state index in [0.717, 1.165) is 21.4 Å². The van der Waals surface area contributed by atoms with E-state index in [1.165, 1.54) is 7.11 Å². The lowest BCUT2D eigenvalue weighted by Crippen LogP contribution is -2.57. The maximum atomic E-state index is 14.1. The zero-order valence-corrected chi connectivity index (χ0v) is 21.3. The number of methoxy groups -OCH3 is 1. The van der Waals surface area contributed by atoms with Crippen LogP contribution in [0.2, 0.25) is 0 Å². The maximum Gasteiger partial charge on any atom is 0.325 e. The number of rotatable bonds is 6. The van der Waals surface area contributed by atoms with Crippen LogP contribution < -0.4 is 15.0 Å². The van der Waals surface area contributed by atoms with Gasteiger partial charge in [0.1, 0.15) is 5.54 Å². The molecule has 4 aromatic rings. The quantitative estimate of drug-likeness (QED) is 0.282.